The molecule has 0 bridgehead atoms. The lowest BCUT2D eigenvalue weighted by atomic mass is 10.1. The normalized spacial score (nSPS) is 11.0. The van der Waals surface area contributed by atoms with E-state index < -0.39 is 0 Å². The monoisotopic (exact) mass is 353 g/mol. The Kier molecular flexibility index (Phi) is 6.45. The van der Waals surface area contributed by atoms with Crippen molar-refractivity contribution in [1.82, 2.24) is 5.32 Å². The molecule has 21 heavy (non-hydrogen) atoms. The first-order chi connectivity index (χ1) is 10.2. The van der Waals surface area contributed by atoms with Crippen LogP contribution in [0.5, 0.6) is 0 Å². The molecule has 2 N–H and O–H groups in total. The second-order valence-corrected chi connectivity index (χ2v) is 5.65. The molecule has 0 atom stereocenters. The van der Waals surface area contributed by atoms with Crippen molar-refractivity contribution in [3.8, 4) is 11.3 Å². The summed E-state index contributed by atoms with van der Waals surface area (Å²) >= 11 is 3.47. The maximum atomic E-state index is 8.59. The third-order valence-corrected chi connectivity index (χ3v) is 3.57. The van der Waals surface area contributed by atoms with Gasteiger partial charge in [-0.05, 0) is 42.8 Å². The molecular formula is C16H20BrNO3. The van der Waals surface area contributed by atoms with E-state index in [1.165, 1.54) is 5.56 Å². The lowest BCUT2D eigenvalue weighted by Gasteiger charge is -2.04. The summed E-state index contributed by atoms with van der Waals surface area (Å²) in [5, 5.41) is 11.8. The van der Waals surface area contributed by atoms with E-state index in [4.69, 9.17) is 14.3 Å². The number of nitrogens with one attached hydrogen (secondary N) is 1. The SMILES string of the molecule is Cc1cc(Br)ccc1-c1ccc(CNCCOCCO)o1. The fourth-order valence-electron chi connectivity index (χ4n) is 2.04. The number of ether oxygens (including phenoxy) is 1. The molecule has 1 aromatic heterocycles. The van der Waals surface area contributed by atoms with E-state index in [0.29, 0.717) is 19.8 Å². The summed E-state index contributed by atoms with van der Waals surface area (Å²) in [6.07, 6.45) is 0. The molecule has 0 aliphatic rings. The van der Waals surface area contributed by atoms with E-state index in [1.807, 2.05) is 18.2 Å². The highest BCUT2D eigenvalue weighted by Gasteiger charge is 2.07. The summed E-state index contributed by atoms with van der Waals surface area (Å²) in [7, 11) is 0. The number of halogens is 1. The molecule has 0 radical (unpaired) electrons. The Labute approximate surface area is 133 Å². The summed E-state index contributed by atoms with van der Waals surface area (Å²) < 4.78 is 12.1. The average Bonchev–Trinajstić information content (AvgIpc) is 2.91. The van der Waals surface area contributed by atoms with E-state index in [1.54, 1.807) is 0 Å². The highest BCUT2D eigenvalue weighted by atomic mass is 79.9. The maximum absolute atomic E-state index is 8.59. The number of aliphatic hydroxyl groups excluding tert-OH is 1. The van der Waals surface area contributed by atoms with Crippen LogP contribution in [0.3, 0.4) is 0 Å². The summed E-state index contributed by atoms with van der Waals surface area (Å²) in [6.45, 7) is 4.49. The van der Waals surface area contributed by atoms with E-state index in [9.17, 15) is 0 Å². The van der Waals surface area contributed by atoms with E-state index in [-0.39, 0.29) is 6.61 Å². The van der Waals surface area contributed by atoms with E-state index in [2.05, 4.69) is 40.3 Å². The molecule has 1 heterocycles. The quantitative estimate of drug-likeness (QED) is 0.716. The maximum Gasteiger partial charge on any atom is 0.134 e. The van der Waals surface area contributed by atoms with Gasteiger partial charge in [0.15, 0.2) is 0 Å². The number of rotatable bonds is 8. The molecule has 5 heteroatoms. The van der Waals surface area contributed by atoms with Crippen LogP contribution in [-0.2, 0) is 11.3 Å². The second kappa shape index (κ2) is 8.34. The van der Waals surface area contributed by atoms with Gasteiger partial charge in [-0.1, -0.05) is 15.9 Å². The van der Waals surface area contributed by atoms with Crippen LogP contribution in [0.2, 0.25) is 0 Å². The third-order valence-electron chi connectivity index (χ3n) is 3.07. The van der Waals surface area contributed by atoms with Crippen LogP contribution in [0.4, 0.5) is 0 Å². The summed E-state index contributed by atoms with van der Waals surface area (Å²) in [6, 6.07) is 10.1. The zero-order valence-electron chi connectivity index (χ0n) is 12.1. The van der Waals surface area contributed by atoms with Gasteiger partial charge in [-0.25, -0.2) is 0 Å². The van der Waals surface area contributed by atoms with Gasteiger partial charge < -0.3 is 19.6 Å². The number of hydrogen-bond donors (Lipinski definition) is 2. The molecule has 114 valence electrons. The van der Waals surface area contributed by atoms with Crippen molar-refractivity contribution in [2.75, 3.05) is 26.4 Å². The van der Waals surface area contributed by atoms with E-state index >= 15 is 0 Å². The molecule has 0 saturated carbocycles. The minimum atomic E-state index is 0.0636. The fourth-order valence-corrected chi connectivity index (χ4v) is 2.52. The molecule has 0 spiro atoms. The lowest BCUT2D eigenvalue weighted by Crippen LogP contribution is -2.19. The van der Waals surface area contributed by atoms with Crippen LogP contribution in [0.1, 0.15) is 11.3 Å². The van der Waals surface area contributed by atoms with Crippen LogP contribution in [0, 0.1) is 6.92 Å². The molecule has 2 rings (SSSR count). The molecule has 0 fully saturated rings. The van der Waals surface area contributed by atoms with Crippen LogP contribution < -0.4 is 5.32 Å². The largest absolute Gasteiger partial charge is 0.460 e. The van der Waals surface area contributed by atoms with Gasteiger partial charge in [-0.15, -0.1) is 0 Å². The van der Waals surface area contributed by atoms with Gasteiger partial charge in [0.05, 0.1) is 26.4 Å². The van der Waals surface area contributed by atoms with Crippen molar-refractivity contribution >= 4 is 15.9 Å². The van der Waals surface area contributed by atoms with Crippen LogP contribution >= 0.6 is 15.9 Å². The Balaban J connectivity index is 1.86. The first-order valence-electron chi connectivity index (χ1n) is 6.95. The fraction of sp³-hybridized carbons (Fsp3) is 0.375. The Hall–Kier alpha value is -1.14. The number of furan rings is 1. The second-order valence-electron chi connectivity index (χ2n) is 4.74. The number of benzene rings is 1. The molecule has 0 aliphatic carbocycles. The van der Waals surface area contributed by atoms with Crippen molar-refractivity contribution in [3.63, 3.8) is 0 Å². The Morgan fingerprint density at radius 1 is 1.24 bits per heavy atom. The van der Waals surface area contributed by atoms with Crippen molar-refractivity contribution in [2.24, 2.45) is 0 Å². The Morgan fingerprint density at radius 2 is 2.10 bits per heavy atom. The Morgan fingerprint density at radius 3 is 2.86 bits per heavy atom. The standard InChI is InChI=1S/C16H20BrNO3/c1-12-10-13(17)2-4-15(12)16-5-3-14(21-16)11-18-6-8-20-9-7-19/h2-5,10,18-19H,6-9,11H2,1H3. The molecule has 0 amide bonds. The number of aryl methyl sites for hydroxylation is 1. The van der Waals surface area contributed by atoms with Gasteiger partial charge in [0.1, 0.15) is 11.5 Å². The number of aliphatic hydroxyl groups is 1. The predicted molar refractivity (Wildman–Crippen MR) is 86.2 cm³/mol. The molecule has 0 unspecified atom stereocenters. The van der Waals surface area contributed by atoms with Gasteiger partial charge in [0.2, 0.25) is 0 Å². The highest BCUT2D eigenvalue weighted by Crippen LogP contribution is 2.27. The zero-order valence-corrected chi connectivity index (χ0v) is 13.6. The lowest BCUT2D eigenvalue weighted by molar-refractivity contribution is 0.0936. The summed E-state index contributed by atoms with van der Waals surface area (Å²) in [5.41, 5.74) is 2.28. The first kappa shape index (κ1) is 16.2. The van der Waals surface area contributed by atoms with Crippen LogP contribution in [-0.4, -0.2) is 31.5 Å². The van der Waals surface area contributed by atoms with Gasteiger partial charge in [-0.3, -0.25) is 0 Å². The van der Waals surface area contributed by atoms with Gasteiger partial charge >= 0.3 is 0 Å². The Bertz CT molecular complexity index is 568. The minimum absolute atomic E-state index is 0.0636. The average molecular weight is 354 g/mol. The molecule has 2 aromatic rings. The van der Waals surface area contributed by atoms with Gasteiger partial charge in [-0.2, -0.15) is 0 Å². The highest BCUT2D eigenvalue weighted by molar-refractivity contribution is 9.10. The van der Waals surface area contributed by atoms with Crippen molar-refractivity contribution in [1.29, 1.82) is 0 Å². The topological polar surface area (TPSA) is 54.6 Å². The molecule has 0 aliphatic heterocycles. The zero-order chi connectivity index (χ0) is 15.1. The molecule has 1 aromatic carbocycles. The van der Waals surface area contributed by atoms with Gasteiger partial charge in [0.25, 0.3) is 0 Å². The minimum Gasteiger partial charge on any atom is -0.460 e. The van der Waals surface area contributed by atoms with E-state index in [0.717, 1.165) is 28.1 Å². The number of hydrogen-bond acceptors (Lipinski definition) is 4. The van der Waals surface area contributed by atoms with Crippen LogP contribution in [0.25, 0.3) is 11.3 Å². The van der Waals surface area contributed by atoms with Crippen LogP contribution in [0.15, 0.2) is 39.2 Å². The molecular weight excluding hydrogens is 334 g/mol. The molecule has 4 nitrogen and oxygen atoms in total. The van der Waals surface area contributed by atoms with Crippen molar-refractivity contribution in [2.45, 2.75) is 13.5 Å². The predicted octanol–water partition coefficient (Wildman–Crippen LogP) is 3.12. The van der Waals surface area contributed by atoms with Gasteiger partial charge in [0, 0.05) is 16.6 Å². The summed E-state index contributed by atoms with van der Waals surface area (Å²) in [4.78, 5) is 0. The van der Waals surface area contributed by atoms with Crippen molar-refractivity contribution in [3.05, 3.63) is 46.1 Å². The first-order valence-corrected chi connectivity index (χ1v) is 7.74. The molecule has 0 saturated heterocycles. The van der Waals surface area contributed by atoms with Crippen molar-refractivity contribution < 1.29 is 14.3 Å². The summed E-state index contributed by atoms with van der Waals surface area (Å²) in [5.74, 6) is 1.78. The third kappa shape index (κ3) is 4.97. The smallest absolute Gasteiger partial charge is 0.134 e.